The molecule has 6 aromatic rings. The van der Waals surface area contributed by atoms with Crippen molar-refractivity contribution in [3.63, 3.8) is 0 Å². The van der Waals surface area contributed by atoms with Gasteiger partial charge in [-0.05, 0) is 90.0 Å². The molecule has 0 heterocycles. The summed E-state index contributed by atoms with van der Waals surface area (Å²) >= 11 is 0. The van der Waals surface area contributed by atoms with E-state index in [1.165, 1.54) is 24.3 Å². The number of benzene rings is 6. The molecule has 0 aliphatic heterocycles. The monoisotopic (exact) mass is 814 g/mol. The first kappa shape index (κ1) is 40.6. The Morgan fingerprint density at radius 3 is 1.00 bits per heavy atom. The van der Waals surface area contributed by atoms with Crippen LogP contribution in [0.1, 0.15) is 52.7 Å². The van der Waals surface area contributed by atoms with Crippen molar-refractivity contribution < 1.29 is 51.5 Å². The van der Waals surface area contributed by atoms with E-state index >= 15 is 0 Å². The van der Waals surface area contributed by atoms with Gasteiger partial charge in [0.05, 0.1) is 0 Å². The van der Waals surface area contributed by atoms with Crippen LogP contribution in [0.4, 0.5) is 26.3 Å². The molecule has 0 fully saturated rings. The number of hydrogen-bond donors (Lipinski definition) is 0. The average Bonchev–Trinajstić information content (AvgIpc) is 3.09. The predicted octanol–water partition coefficient (Wildman–Crippen LogP) is 12.0. The summed E-state index contributed by atoms with van der Waals surface area (Å²) in [6, 6.07) is 29.1. The second-order valence-corrected chi connectivity index (χ2v) is 18.4. The van der Waals surface area contributed by atoms with Crippen LogP contribution in [0, 0.1) is 0 Å². The first-order valence-corrected chi connectivity index (χ1v) is 20.0. The molecule has 14 heteroatoms. The van der Waals surface area contributed by atoms with E-state index in [-0.39, 0.29) is 21.6 Å². The molecular weight excluding hydrogens is 779 g/mol. The molecule has 0 bridgehead atoms. The van der Waals surface area contributed by atoms with Crippen LogP contribution in [-0.2, 0) is 31.1 Å². The third kappa shape index (κ3) is 7.94. The van der Waals surface area contributed by atoms with Gasteiger partial charge in [0.25, 0.3) is 0 Å². The summed E-state index contributed by atoms with van der Waals surface area (Å²) < 4.78 is 142. The molecular formula is C42H36F6O6S2. The molecule has 0 amide bonds. The SMILES string of the molecule is CC(C)(C)c1ccc(-c2ccc3c(-c4c(OS(=O)(=O)C(F)(F)F)ccc5cc(-c6ccc(C(C)(C)C)cc6)ccc45)c(OS(=O)(=O)C(F)(F)F)ccc3c2)cc1. The summed E-state index contributed by atoms with van der Waals surface area (Å²) in [5.74, 6) is -1.86. The van der Waals surface area contributed by atoms with E-state index < -0.39 is 53.9 Å². The Kier molecular flexibility index (Phi) is 10.0. The van der Waals surface area contributed by atoms with Crippen molar-refractivity contribution in [3.8, 4) is 44.9 Å². The molecule has 0 aromatic heterocycles. The summed E-state index contributed by atoms with van der Waals surface area (Å²) in [6.45, 7) is 12.3. The van der Waals surface area contributed by atoms with Crippen LogP contribution >= 0.6 is 0 Å². The Hall–Kier alpha value is -5.08. The lowest BCUT2D eigenvalue weighted by molar-refractivity contribution is -0.0505. The Morgan fingerprint density at radius 2 is 0.714 bits per heavy atom. The molecule has 6 rings (SSSR count). The van der Waals surface area contributed by atoms with Crippen LogP contribution in [0.2, 0.25) is 0 Å². The minimum absolute atomic E-state index is 0.0264. The normalized spacial score (nSPS) is 13.3. The third-order valence-corrected chi connectivity index (χ3v) is 11.3. The largest absolute Gasteiger partial charge is 0.534 e. The van der Waals surface area contributed by atoms with Crippen molar-refractivity contribution in [3.05, 3.63) is 120 Å². The zero-order valence-corrected chi connectivity index (χ0v) is 32.6. The molecule has 0 spiro atoms. The van der Waals surface area contributed by atoms with Crippen molar-refractivity contribution in [2.24, 2.45) is 0 Å². The Morgan fingerprint density at radius 1 is 0.411 bits per heavy atom. The highest BCUT2D eigenvalue weighted by Gasteiger charge is 2.50. The van der Waals surface area contributed by atoms with Gasteiger partial charge in [-0.1, -0.05) is 126 Å². The van der Waals surface area contributed by atoms with E-state index in [1.807, 2.05) is 48.5 Å². The molecule has 6 aromatic carbocycles. The van der Waals surface area contributed by atoms with Crippen LogP contribution in [0.25, 0.3) is 54.9 Å². The topological polar surface area (TPSA) is 86.7 Å². The van der Waals surface area contributed by atoms with Crippen molar-refractivity contribution >= 4 is 41.8 Å². The van der Waals surface area contributed by atoms with Crippen LogP contribution in [0.15, 0.2) is 109 Å². The minimum atomic E-state index is -6.34. The molecule has 0 aliphatic carbocycles. The zero-order valence-electron chi connectivity index (χ0n) is 30.9. The second-order valence-electron chi connectivity index (χ2n) is 15.4. The summed E-state index contributed by atoms with van der Waals surface area (Å²) in [6.07, 6.45) is 0. The smallest absolute Gasteiger partial charge is 0.375 e. The molecule has 0 saturated carbocycles. The maximum Gasteiger partial charge on any atom is 0.534 e. The lowest BCUT2D eigenvalue weighted by Gasteiger charge is -2.21. The molecule has 294 valence electrons. The Bertz CT molecular complexity index is 2500. The van der Waals surface area contributed by atoms with Crippen LogP contribution in [0.3, 0.4) is 0 Å². The fourth-order valence-corrected chi connectivity index (χ4v) is 7.23. The van der Waals surface area contributed by atoms with Crippen molar-refractivity contribution in [2.45, 2.75) is 63.4 Å². The van der Waals surface area contributed by atoms with E-state index in [0.717, 1.165) is 34.4 Å². The van der Waals surface area contributed by atoms with Gasteiger partial charge in [0.1, 0.15) is 0 Å². The average molecular weight is 815 g/mol. The van der Waals surface area contributed by atoms with E-state index in [4.69, 9.17) is 0 Å². The molecule has 0 unspecified atom stereocenters. The molecule has 0 aliphatic rings. The van der Waals surface area contributed by atoms with Crippen LogP contribution < -0.4 is 8.37 Å². The highest BCUT2D eigenvalue weighted by molar-refractivity contribution is 7.88. The van der Waals surface area contributed by atoms with Gasteiger partial charge in [-0.15, -0.1) is 0 Å². The molecule has 56 heavy (non-hydrogen) atoms. The maximum absolute atomic E-state index is 13.7. The first-order valence-electron chi connectivity index (χ1n) is 17.1. The van der Waals surface area contributed by atoms with Gasteiger partial charge in [0.15, 0.2) is 11.5 Å². The van der Waals surface area contributed by atoms with Gasteiger partial charge in [0, 0.05) is 11.1 Å². The molecule has 6 nitrogen and oxygen atoms in total. The number of hydrogen-bond acceptors (Lipinski definition) is 6. The van der Waals surface area contributed by atoms with Crippen molar-refractivity contribution in [2.75, 3.05) is 0 Å². The summed E-state index contributed by atoms with van der Waals surface area (Å²) in [5.41, 5.74) is -8.04. The van der Waals surface area contributed by atoms with E-state index in [0.29, 0.717) is 21.9 Å². The molecule has 0 atom stereocenters. The predicted molar refractivity (Wildman–Crippen MR) is 206 cm³/mol. The molecule has 0 radical (unpaired) electrons. The Balaban J connectivity index is 1.64. The molecule has 0 saturated heterocycles. The summed E-state index contributed by atoms with van der Waals surface area (Å²) in [5, 5.41) is 0.676. The van der Waals surface area contributed by atoms with Crippen LogP contribution in [-0.4, -0.2) is 27.9 Å². The number of fused-ring (bicyclic) bond motifs is 2. The van der Waals surface area contributed by atoms with Gasteiger partial charge in [0.2, 0.25) is 0 Å². The third-order valence-electron chi connectivity index (χ3n) is 9.35. The van der Waals surface area contributed by atoms with Gasteiger partial charge >= 0.3 is 31.3 Å². The lowest BCUT2D eigenvalue weighted by atomic mass is 9.85. The minimum Gasteiger partial charge on any atom is -0.375 e. The van der Waals surface area contributed by atoms with Gasteiger partial charge in [-0.25, -0.2) is 0 Å². The van der Waals surface area contributed by atoms with Gasteiger partial charge in [-0.3, -0.25) is 0 Å². The fourth-order valence-electron chi connectivity index (χ4n) is 6.29. The van der Waals surface area contributed by atoms with Crippen molar-refractivity contribution in [1.29, 1.82) is 0 Å². The summed E-state index contributed by atoms with van der Waals surface area (Å²) in [7, 11) is -12.7. The summed E-state index contributed by atoms with van der Waals surface area (Å²) in [4.78, 5) is 0. The number of halogens is 6. The molecule has 0 N–H and O–H groups in total. The van der Waals surface area contributed by atoms with E-state index in [9.17, 15) is 43.2 Å². The van der Waals surface area contributed by atoms with Gasteiger partial charge < -0.3 is 8.37 Å². The van der Waals surface area contributed by atoms with Crippen LogP contribution in [0.5, 0.6) is 11.5 Å². The highest BCUT2D eigenvalue weighted by atomic mass is 32.2. The second kappa shape index (κ2) is 13.8. The first-order chi connectivity index (χ1) is 25.8. The highest BCUT2D eigenvalue weighted by Crippen LogP contribution is 2.48. The van der Waals surface area contributed by atoms with E-state index in [1.54, 1.807) is 24.3 Å². The van der Waals surface area contributed by atoms with E-state index in [2.05, 4.69) is 49.9 Å². The quantitative estimate of drug-likeness (QED) is 0.0906. The fraction of sp³-hybridized carbons (Fsp3) is 0.238. The van der Waals surface area contributed by atoms with Gasteiger partial charge in [-0.2, -0.15) is 43.2 Å². The Labute approximate surface area is 321 Å². The van der Waals surface area contributed by atoms with Crippen molar-refractivity contribution in [1.82, 2.24) is 0 Å². The standard InChI is InChI=1S/C42H36F6O6S2/c1-39(2,3)31-15-7-25(8-16-31)27-11-19-33-29(23-27)13-21-35(53-55(49,50)41(43,44)45)37(33)38-34-20-12-28(26-9-17-32(18-10-26)40(4,5)6)24-30(34)14-22-36(38)54-56(51,52)42(46,47)48/h7-24H,1-6H3. The lowest BCUT2D eigenvalue weighted by Crippen LogP contribution is -2.28. The number of rotatable bonds is 7. The maximum atomic E-state index is 13.7. The zero-order chi connectivity index (χ0) is 41.2. The number of alkyl halides is 6.